The zero-order valence-corrected chi connectivity index (χ0v) is 19.0. The van der Waals surface area contributed by atoms with Gasteiger partial charge < -0.3 is 39.7 Å². The Morgan fingerprint density at radius 2 is 1.82 bits per heavy atom. The van der Waals surface area contributed by atoms with Gasteiger partial charge >= 0.3 is 5.97 Å². The van der Waals surface area contributed by atoms with Crippen molar-refractivity contribution in [1.82, 2.24) is 0 Å². The third-order valence-corrected chi connectivity index (χ3v) is 5.79. The third kappa shape index (κ3) is 6.27. The Morgan fingerprint density at radius 3 is 2.50 bits per heavy atom. The fraction of sp³-hybridized carbons (Fsp3) is 0.400. The first-order valence-electron chi connectivity index (χ1n) is 10.9. The predicted molar refractivity (Wildman–Crippen MR) is 122 cm³/mol. The van der Waals surface area contributed by atoms with E-state index in [1.807, 2.05) is 6.07 Å². The summed E-state index contributed by atoms with van der Waals surface area (Å²) in [6.07, 6.45) is -0.837. The Hall–Kier alpha value is -3.11. The Kier molecular flexibility index (Phi) is 8.51. The maximum absolute atomic E-state index is 12.3. The van der Waals surface area contributed by atoms with Crippen LogP contribution >= 0.6 is 0 Å². The van der Waals surface area contributed by atoms with Gasteiger partial charge in [-0.3, -0.25) is 0 Å². The summed E-state index contributed by atoms with van der Waals surface area (Å²) >= 11 is 0. The second-order valence-electron chi connectivity index (χ2n) is 8.30. The summed E-state index contributed by atoms with van der Waals surface area (Å²) in [5, 5.41) is 48.9. The lowest BCUT2D eigenvalue weighted by atomic mass is 9.90. The molecule has 0 bridgehead atoms. The van der Waals surface area contributed by atoms with Gasteiger partial charge in [-0.15, -0.1) is 0 Å². The van der Waals surface area contributed by atoms with E-state index in [1.165, 1.54) is 24.3 Å². The van der Waals surface area contributed by atoms with E-state index in [2.05, 4.69) is 0 Å². The number of hydrogen-bond donors (Lipinski definition) is 5. The number of aliphatic hydroxyl groups is 2. The molecule has 0 spiro atoms. The number of aromatic hydroxyl groups is 3. The van der Waals surface area contributed by atoms with Gasteiger partial charge in [-0.2, -0.15) is 0 Å². The molecule has 0 saturated carbocycles. The summed E-state index contributed by atoms with van der Waals surface area (Å²) in [6.45, 7) is 3.27. The van der Waals surface area contributed by atoms with Crippen LogP contribution in [-0.4, -0.2) is 69.3 Å². The number of benzene rings is 2. The number of ether oxygens (including phenoxy) is 3. The van der Waals surface area contributed by atoms with Gasteiger partial charge in [0.15, 0.2) is 17.8 Å². The topological polar surface area (TPSA) is 146 Å². The quantitative estimate of drug-likeness (QED) is 0.220. The van der Waals surface area contributed by atoms with E-state index in [1.54, 1.807) is 26.0 Å². The van der Waals surface area contributed by atoms with Crippen LogP contribution in [0.3, 0.4) is 0 Å². The molecule has 3 rings (SSSR count). The van der Waals surface area contributed by atoms with Crippen molar-refractivity contribution in [3.05, 3.63) is 59.2 Å². The van der Waals surface area contributed by atoms with E-state index in [0.717, 1.165) is 17.2 Å². The monoisotopic (exact) mass is 474 g/mol. The molecule has 2 aromatic rings. The molecule has 1 aliphatic rings. The Balaban J connectivity index is 1.56. The highest BCUT2D eigenvalue weighted by atomic mass is 16.7. The molecule has 5 atom stereocenters. The minimum Gasteiger partial charge on any atom is -0.508 e. The summed E-state index contributed by atoms with van der Waals surface area (Å²) < 4.78 is 16.8. The van der Waals surface area contributed by atoms with Crippen LogP contribution in [0.1, 0.15) is 23.6 Å². The van der Waals surface area contributed by atoms with Gasteiger partial charge in [0.05, 0.1) is 13.2 Å². The molecule has 1 saturated heterocycles. The number of carbonyl (C=O) groups is 1. The minimum atomic E-state index is -1.10. The van der Waals surface area contributed by atoms with E-state index in [4.69, 9.17) is 14.2 Å². The van der Waals surface area contributed by atoms with Crippen molar-refractivity contribution in [2.75, 3.05) is 13.2 Å². The smallest absolute Gasteiger partial charge is 0.331 e. The zero-order valence-electron chi connectivity index (χ0n) is 19.0. The molecule has 184 valence electrons. The molecule has 0 amide bonds. The molecule has 1 fully saturated rings. The van der Waals surface area contributed by atoms with Crippen LogP contribution < -0.4 is 0 Å². The van der Waals surface area contributed by atoms with Crippen molar-refractivity contribution >= 4 is 12.0 Å². The Labute approximate surface area is 197 Å². The highest BCUT2D eigenvalue weighted by Gasteiger charge is 2.45. The van der Waals surface area contributed by atoms with Crippen LogP contribution in [0.4, 0.5) is 0 Å². The number of phenolic OH excluding ortho intramolecular Hbond substituents is 3. The predicted octanol–water partition coefficient (Wildman–Crippen LogP) is 2.01. The summed E-state index contributed by atoms with van der Waals surface area (Å²) in [4.78, 5) is 12.3. The van der Waals surface area contributed by atoms with Crippen LogP contribution in [0.2, 0.25) is 0 Å². The average Bonchev–Trinajstić information content (AvgIpc) is 2.81. The number of aliphatic hydroxyl groups excluding tert-OH is 2. The van der Waals surface area contributed by atoms with E-state index >= 15 is 0 Å². The van der Waals surface area contributed by atoms with Crippen molar-refractivity contribution in [1.29, 1.82) is 0 Å². The van der Waals surface area contributed by atoms with E-state index in [9.17, 15) is 30.3 Å². The van der Waals surface area contributed by atoms with E-state index in [0.29, 0.717) is 12.0 Å². The standard InChI is InChI=1S/C25H30O9/c1-14-11-17(3-6-18(14)27)9-10-32-25-23(31)15(2)24(21(13-26)33-25)34-22(30)8-5-16-4-7-19(28)20(29)12-16/h3-8,11-12,15,21,23-29,31H,9-10,13H2,1-2H3/b8-5+/t15?,21-,23?,24?,25?/m1/s1. The van der Waals surface area contributed by atoms with Crippen LogP contribution in [-0.2, 0) is 25.4 Å². The number of carbonyl (C=O) groups excluding carboxylic acids is 1. The molecule has 9 nitrogen and oxygen atoms in total. The van der Waals surface area contributed by atoms with Gasteiger partial charge in [0.2, 0.25) is 0 Å². The maximum atomic E-state index is 12.3. The lowest BCUT2D eigenvalue weighted by Gasteiger charge is -2.42. The minimum absolute atomic E-state index is 0.215. The molecule has 0 aromatic heterocycles. The van der Waals surface area contributed by atoms with Crippen LogP contribution in [0.25, 0.3) is 6.08 Å². The summed E-state index contributed by atoms with van der Waals surface area (Å²) in [6, 6.07) is 9.32. The molecule has 9 heteroatoms. The Bertz CT molecular complexity index is 1020. The van der Waals surface area contributed by atoms with Gasteiger partial charge in [0.1, 0.15) is 24.1 Å². The van der Waals surface area contributed by atoms with E-state index in [-0.39, 0.29) is 23.9 Å². The van der Waals surface area contributed by atoms with Gasteiger partial charge in [0, 0.05) is 12.0 Å². The first-order valence-corrected chi connectivity index (χ1v) is 10.9. The molecule has 4 unspecified atom stereocenters. The molecule has 2 aromatic carbocycles. The number of esters is 1. The number of phenols is 3. The second-order valence-corrected chi connectivity index (χ2v) is 8.30. The number of hydrogen-bond acceptors (Lipinski definition) is 9. The number of rotatable bonds is 8. The summed E-state index contributed by atoms with van der Waals surface area (Å²) in [5.74, 6) is -1.68. The first kappa shape index (κ1) is 25.5. The molecular formula is C25H30O9. The van der Waals surface area contributed by atoms with Gasteiger partial charge in [-0.05, 0) is 54.3 Å². The highest BCUT2D eigenvalue weighted by Crippen LogP contribution is 2.30. The van der Waals surface area contributed by atoms with Crippen molar-refractivity contribution in [2.24, 2.45) is 5.92 Å². The largest absolute Gasteiger partial charge is 0.508 e. The molecule has 0 aliphatic carbocycles. The molecule has 5 N–H and O–H groups in total. The fourth-order valence-electron chi connectivity index (χ4n) is 3.73. The normalized spacial score (nSPS) is 24.9. The van der Waals surface area contributed by atoms with Gasteiger partial charge in [-0.1, -0.05) is 25.1 Å². The SMILES string of the molecule is Cc1cc(CCOC2O[C@H](CO)C(OC(=O)/C=C/c3ccc(O)c(O)c3)C(C)C2O)ccc1O. The van der Waals surface area contributed by atoms with Gasteiger partial charge in [0.25, 0.3) is 0 Å². The fourth-order valence-corrected chi connectivity index (χ4v) is 3.73. The van der Waals surface area contributed by atoms with E-state index < -0.39 is 43.1 Å². The molecule has 0 radical (unpaired) electrons. The van der Waals surface area contributed by atoms with Crippen LogP contribution in [0, 0.1) is 12.8 Å². The zero-order chi connectivity index (χ0) is 24.8. The summed E-state index contributed by atoms with van der Waals surface area (Å²) in [7, 11) is 0. The molecular weight excluding hydrogens is 444 g/mol. The second kappa shape index (κ2) is 11.3. The third-order valence-electron chi connectivity index (χ3n) is 5.79. The Morgan fingerprint density at radius 1 is 1.09 bits per heavy atom. The van der Waals surface area contributed by atoms with Crippen LogP contribution in [0.15, 0.2) is 42.5 Å². The van der Waals surface area contributed by atoms with Crippen LogP contribution in [0.5, 0.6) is 17.2 Å². The lowest BCUT2D eigenvalue weighted by molar-refractivity contribution is -0.289. The summed E-state index contributed by atoms with van der Waals surface area (Å²) in [5.41, 5.74) is 2.17. The first-order chi connectivity index (χ1) is 16.2. The van der Waals surface area contributed by atoms with Crippen molar-refractivity contribution in [3.63, 3.8) is 0 Å². The molecule has 1 heterocycles. The maximum Gasteiger partial charge on any atom is 0.331 e. The molecule has 34 heavy (non-hydrogen) atoms. The highest BCUT2D eigenvalue weighted by molar-refractivity contribution is 5.87. The van der Waals surface area contributed by atoms with Gasteiger partial charge in [-0.25, -0.2) is 4.79 Å². The van der Waals surface area contributed by atoms with Crippen molar-refractivity contribution < 1.29 is 44.5 Å². The lowest BCUT2D eigenvalue weighted by Crippen LogP contribution is -2.56. The van der Waals surface area contributed by atoms with Crippen molar-refractivity contribution in [3.8, 4) is 17.2 Å². The molecule has 1 aliphatic heterocycles. The average molecular weight is 475 g/mol. The number of aryl methyl sites for hydroxylation is 1. The van der Waals surface area contributed by atoms with Crippen molar-refractivity contribution in [2.45, 2.75) is 44.9 Å².